The lowest BCUT2D eigenvalue weighted by Crippen LogP contribution is -2.28. The standard InChI is InChI=1S/C15H14N4O3/c20-10-11-4-3-5-12(8-11)16-14(21)9-19-15(22)18-7-2-1-6-13(18)17-19/h1-8,20H,9-10H2,(H,16,21). The average Bonchev–Trinajstić information content (AvgIpc) is 2.84. The highest BCUT2D eigenvalue weighted by Crippen LogP contribution is 2.10. The molecule has 1 amide bonds. The maximum absolute atomic E-state index is 12.1. The number of aromatic nitrogens is 3. The molecule has 0 spiro atoms. The first-order valence-electron chi connectivity index (χ1n) is 6.71. The predicted molar refractivity (Wildman–Crippen MR) is 80.4 cm³/mol. The van der Waals surface area contributed by atoms with E-state index in [-0.39, 0.29) is 24.7 Å². The summed E-state index contributed by atoms with van der Waals surface area (Å²) in [6.07, 6.45) is 1.60. The van der Waals surface area contributed by atoms with E-state index in [2.05, 4.69) is 10.4 Å². The minimum absolute atomic E-state index is 0.102. The van der Waals surface area contributed by atoms with Gasteiger partial charge in [0.25, 0.3) is 0 Å². The molecule has 3 aromatic rings. The van der Waals surface area contributed by atoms with E-state index in [4.69, 9.17) is 5.11 Å². The van der Waals surface area contributed by atoms with Crippen molar-refractivity contribution < 1.29 is 9.90 Å². The van der Waals surface area contributed by atoms with E-state index < -0.39 is 0 Å². The van der Waals surface area contributed by atoms with Crippen molar-refractivity contribution in [2.75, 3.05) is 5.32 Å². The summed E-state index contributed by atoms with van der Waals surface area (Å²) in [5, 5.41) is 15.8. The van der Waals surface area contributed by atoms with Crippen molar-refractivity contribution in [2.45, 2.75) is 13.2 Å². The van der Waals surface area contributed by atoms with E-state index in [1.807, 2.05) is 0 Å². The zero-order valence-electron chi connectivity index (χ0n) is 11.6. The molecule has 0 aliphatic heterocycles. The van der Waals surface area contributed by atoms with Crippen molar-refractivity contribution in [3.05, 3.63) is 64.7 Å². The van der Waals surface area contributed by atoms with E-state index in [9.17, 15) is 9.59 Å². The second kappa shape index (κ2) is 5.82. The van der Waals surface area contributed by atoms with Crippen LogP contribution in [0, 0.1) is 0 Å². The van der Waals surface area contributed by atoms with Gasteiger partial charge in [-0.15, -0.1) is 5.10 Å². The summed E-state index contributed by atoms with van der Waals surface area (Å²) >= 11 is 0. The Morgan fingerprint density at radius 1 is 1.23 bits per heavy atom. The third-order valence-electron chi connectivity index (χ3n) is 3.18. The highest BCUT2D eigenvalue weighted by atomic mass is 16.3. The molecule has 2 N–H and O–H groups in total. The molecule has 7 heteroatoms. The van der Waals surface area contributed by atoms with Gasteiger partial charge < -0.3 is 10.4 Å². The Kier molecular flexibility index (Phi) is 3.71. The van der Waals surface area contributed by atoms with Gasteiger partial charge in [-0.1, -0.05) is 18.2 Å². The maximum atomic E-state index is 12.1. The Morgan fingerprint density at radius 2 is 2.09 bits per heavy atom. The van der Waals surface area contributed by atoms with Gasteiger partial charge >= 0.3 is 5.69 Å². The number of aliphatic hydroxyl groups excluding tert-OH is 1. The monoisotopic (exact) mass is 298 g/mol. The quantitative estimate of drug-likeness (QED) is 0.739. The largest absolute Gasteiger partial charge is 0.392 e. The lowest BCUT2D eigenvalue weighted by Gasteiger charge is -2.06. The minimum atomic E-state index is -0.366. The van der Waals surface area contributed by atoms with Crippen molar-refractivity contribution in [1.29, 1.82) is 0 Å². The first-order valence-corrected chi connectivity index (χ1v) is 6.71. The maximum Gasteiger partial charge on any atom is 0.350 e. The molecule has 112 valence electrons. The summed E-state index contributed by atoms with van der Waals surface area (Å²) < 4.78 is 2.49. The van der Waals surface area contributed by atoms with Crippen molar-refractivity contribution >= 4 is 17.2 Å². The third-order valence-corrected chi connectivity index (χ3v) is 3.18. The lowest BCUT2D eigenvalue weighted by molar-refractivity contribution is -0.117. The number of rotatable bonds is 4. The third kappa shape index (κ3) is 2.75. The van der Waals surface area contributed by atoms with Crippen LogP contribution in [0.2, 0.25) is 0 Å². The van der Waals surface area contributed by atoms with Gasteiger partial charge in [-0.3, -0.25) is 9.20 Å². The Hall–Kier alpha value is -2.93. The van der Waals surface area contributed by atoms with Gasteiger partial charge in [-0.25, -0.2) is 9.48 Å². The Morgan fingerprint density at radius 3 is 2.86 bits per heavy atom. The van der Waals surface area contributed by atoms with Crippen molar-refractivity contribution in [1.82, 2.24) is 14.2 Å². The van der Waals surface area contributed by atoms with Gasteiger partial charge in [0.15, 0.2) is 5.65 Å². The molecule has 0 aliphatic carbocycles. The highest BCUT2D eigenvalue weighted by molar-refractivity contribution is 5.90. The SMILES string of the molecule is O=C(Cn1nc2ccccn2c1=O)Nc1cccc(CO)c1. The summed E-state index contributed by atoms with van der Waals surface area (Å²) in [6, 6.07) is 12.1. The number of pyridine rings is 1. The number of benzene rings is 1. The van der Waals surface area contributed by atoms with Crippen LogP contribution < -0.4 is 11.0 Å². The lowest BCUT2D eigenvalue weighted by atomic mass is 10.2. The zero-order chi connectivity index (χ0) is 15.5. The number of hydrogen-bond donors (Lipinski definition) is 2. The summed E-state index contributed by atoms with van der Waals surface area (Å²) in [4.78, 5) is 24.1. The van der Waals surface area contributed by atoms with Gasteiger partial charge in [0.2, 0.25) is 5.91 Å². The smallest absolute Gasteiger partial charge is 0.350 e. The number of fused-ring (bicyclic) bond motifs is 1. The van der Waals surface area contributed by atoms with Gasteiger partial charge in [-0.2, -0.15) is 0 Å². The van der Waals surface area contributed by atoms with Crippen LogP contribution in [0.25, 0.3) is 5.65 Å². The number of hydrogen-bond acceptors (Lipinski definition) is 4. The Bertz CT molecular complexity index is 882. The van der Waals surface area contributed by atoms with Gasteiger partial charge in [0.1, 0.15) is 6.54 Å². The molecule has 7 nitrogen and oxygen atoms in total. The van der Waals surface area contributed by atoms with Crippen LogP contribution in [0.5, 0.6) is 0 Å². The normalized spacial score (nSPS) is 10.8. The number of anilines is 1. The van der Waals surface area contributed by atoms with E-state index in [0.29, 0.717) is 16.9 Å². The van der Waals surface area contributed by atoms with Crippen LogP contribution in [0.1, 0.15) is 5.56 Å². The number of carbonyl (C=O) groups excluding carboxylic acids is 1. The molecule has 0 fully saturated rings. The molecular weight excluding hydrogens is 284 g/mol. The summed E-state index contributed by atoms with van der Waals surface area (Å²) in [6.45, 7) is -0.278. The second-order valence-electron chi connectivity index (χ2n) is 4.78. The predicted octanol–water partition coefficient (Wildman–Crippen LogP) is 0.627. The number of carbonyl (C=O) groups is 1. The fourth-order valence-electron chi connectivity index (χ4n) is 2.16. The van der Waals surface area contributed by atoms with Crippen LogP contribution in [-0.4, -0.2) is 25.2 Å². The van der Waals surface area contributed by atoms with E-state index in [0.717, 1.165) is 4.68 Å². The van der Waals surface area contributed by atoms with E-state index in [1.54, 1.807) is 48.7 Å². The molecule has 0 radical (unpaired) electrons. The molecule has 0 aliphatic rings. The number of amides is 1. The van der Waals surface area contributed by atoms with Crippen LogP contribution in [0.4, 0.5) is 5.69 Å². The molecule has 22 heavy (non-hydrogen) atoms. The second-order valence-corrected chi connectivity index (χ2v) is 4.78. The summed E-state index contributed by atoms with van der Waals surface area (Å²) in [5.41, 5.74) is 1.38. The minimum Gasteiger partial charge on any atom is -0.392 e. The summed E-state index contributed by atoms with van der Waals surface area (Å²) in [7, 11) is 0. The molecular formula is C15H14N4O3. The topological polar surface area (TPSA) is 88.6 Å². The van der Waals surface area contributed by atoms with Gasteiger partial charge in [-0.05, 0) is 29.8 Å². The fraction of sp³-hybridized carbons (Fsp3) is 0.133. The van der Waals surface area contributed by atoms with Crippen LogP contribution in [0.15, 0.2) is 53.5 Å². The molecule has 1 aromatic carbocycles. The first-order chi connectivity index (χ1) is 10.7. The fourth-order valence-corrected chi connectivity index (χ4v) is 2.16. The summed E-state index contributed by atoms with van der Waals surface area (Å²) in [5.74, 6) is -0.361. The van der Waals surface area contributed by atoms with E-state index in [1.165, 1.54) is 4.40 Å². The molecule has 0 bridgehead atoms. The molecule has 0 unspecified atom stereocenters. The Balaban J connectivity index is 1.78. The van der Waals surface area contributed by atoms with E-state index >= 15 is 0 Å². The number of nitrogens with one attached hydrogen (secondary N) is 1. The molecule has 2 aromatic heterocycles. The average molecular weight is 298 g/mol. The number of nitrogens with zero attached hydrogens (tertiary/aromatic N) is 3. The molecule has 0 saturated heterocycles. The van der Waals surface area contributed by atoms with Crippen molar-refractivity contribution in [3.63, 3.8) is 0 Å². The number of aliphatic hydroxyl groups is 1. The molecule has 0 saturated carbocycles. The zero-order valence-corrected chi connectivity index (χ0v) is 11.6. The van der Waals surface area contributed by atoms with Crippen LogP contribution in [-0.2, 0) is 17.9 Å². The van der Waals surface area contributed by atoms with Gasteiger partial charge in [0.05, 0.1) is 6.61 Å². The van der Waals surface area contributed by atoms with Crippen LogP contribution in [0.3, 0.4) is 0 Å². The highest BCUT2D eigenvalue weighted by Gasteiger charge is 2.10. The molecule has 0 atom stereocenters. The Labute approximate surface area is 125 Å². The van der Waals surface area contributed by atoms with Crippen LogP contribution >= 0.6 is 0 Å². The molecule has 2 heterocycles. The van der Waals surface area contributed by atoms with Gasteiger partial charge in [0, 0.05) is 11.9 Å². The molecule has 3 rings (SSSR count). The van der Waals surface area contributed by atoms with Crippen molar-refractivity contribution in [3.8, 4) is 0 Å². The first kappa shape index (κ1) is 14.0. The van der Waals surface area contributed by atoms with Crippen molar-refractivity contribution in [2.24, 2.45) is 0 Å².